The van der Waals surface area contributed by atoms with Crippen LogP contribution in [0.25, 0.3) is 0 Å². The van der Waals surface area contributed by atoms with E-state index in [1.165, 1.54) is 6.42 Å². The van der Waals surface area contributed by atoms with Gasteiger partial charge in [0.25, 0.3) is 0 Å². The predicted octanol–water partition coefficient (Wildman–Crippen LogP) is 4.09. The molecule has 0 aromatic rings. The second kappa shape index (κ2) is 11.5. The van der Waals surface area contributed by atoms with E-state index in [1.54, 1.807) is 0 Å². The van der Waals surface area contributed by atoms with Crippen molar-refractivity contribution in [3.63, 3.8) is 0 Å². The summed E-state index contributed by atoms with van der Waals surface area (Å²) in [5, 5.41) is 33.9. The van der Waals surface area contributed by atoms with Crippen molar-refractivity contribution in [2.45, 2.75) is 122 Å². The van der Waals surface area contributed by atoms with Crippen LogP contribution in [0.4, 0.5) is 0 Å². The number of nitrogens with one attached hydrogen (secondary N) is 1. The minimum Gasteiger partial charge on any atom is -0.480 e. The summed E-state index contributed by atoms with van der Waals surface area (Å²) < 4.78 is 0. The normalized spacial score (nSPS) is 42.7. The maximum atomic E-state index is 12.6. The second-order valence-electron chi connectivity index (χ2n) is 13.7. The molecule has 11 atom stereocenters. The van der Waals surface area contributed by atoms with Crippen molar-refractivity contribution in [2.75, 3.05) is 6.54 Å². The van der Waals surface area contributed by atoms with Gasteiger partial charge < -0.3 is 26.4 Å². The van der Waals surface area contributed by atoms with Crippen LogP contribution in [-0.4, -0.2) is 52.0 Å². The summed E-state index contributed by atoms with van der Waals surface area (Å²) in [7, 11) is 0. The average Bonchev–Trinajstić information content (AvgIpc) is 3.20. The lowest BCUT2D eigenvalue weighted by Crippen LogP contribution is -2.58. The van der Waals surface area contributed by atoms with Gasteiger partial charge in [-0.05, 0) is 130 Å². The van der Waals surface area contributed by atoms with Crippen molar-refractivity contribution >= 4 is 11.9 Å². The van der Waals surface area contributed by atoms with Gasteiger partial charge in [-0.3, -0.25) is 4.79 Å². The number of unbranched alkanes of at least 4 members (excludes halogenated alkanes) is 1. The standard InChI is InChI=1S/C30H52N2O5/c1-18(7-10-26(35)32-24(28(36)37)6-4-5-15-31)21-8-9-22-27-23(12-14-30(21,22)3)29(2)13-11-20(33)16-19(29)17-25(27)34/h18-25,27,33-34H,4-17,31H2,1-3H3,(H,32,35)(H,36,37)/t18-,19+,20-,21-,22+,23+,24+,25+,27+,29+,30-/m1/s1. The molecular weight excluding hydrogens is 468 g/mol. The highest BCUT2D eigenvalue weighted by Gasteiger charge is 2.62. The lowest BCUT2D eigenvalue weighted by atomic mass is 9.43. The number of carbonyl (C=O) groups is 2. The molecule has 6 N–H and O–H groups in total. The van der Waals surface area contributed by atoms with Crippen LogP contribution in [0.5, 0.6) is 0 Å². The first-order valence-electron chi connectivity index (χ1n) is 15.1. The van der Waals surface area contributed by atoms with Gasteiger partial charge in [0.1, 0.15) is 6.04 Å². The van der Waals surface area contributed by atoms with Crippen LogP contribution in [0, 0.1) is 46.3 Å². The van der Waals surface area contributed by atoms with Gasteiger partial charge in [-0.1, -0.05) is 20.8 Å². The number of hydrogen-bond donors (Lipinski definition) is 5. The van der Waals surface area contributed by atoms with Crippen molar-refractivity contribution in [1.29, 1.82) is 0 Å². The Morgan fingerprint density at radius 3 is 2.38 bits per heavy atom. The zero-order chi connectivity index (χ0) is 27.0. The third-order valence-electron chi connectivity index (χ3n) is 11.8. The molecule has 37 heavy (non-hydrogen) atoms. The molecule has 4 fully saturated rings. The van der Waals surface area contributed by atoms with E-state index in [9.17, 15) is 24.9 Å². The maximum absolute atomic E-state index is 12.6. The number of amides is 1. The summed E-state index contributed by atoms with van der Waals surface area (Å²) in [6.45, 7) is 7.70. The molecule has 0 spiro atoms. The van der Waals surface area contributed by atoms with Crippen LogP contribution < -0.4 is 11.1 Å². The Balaban J connectivity index is 1.37. The Bertz CT molecular complexity index is 822. The quantitative estimate of drug-likeness (QED) is 0.276. The lowest BCUT2D eigenvalue weighted by Gasteiger charge is -2.62. The van der Waals surface area contributed by atoms with Gasteiger partial charge in [0.2, 0.25) is 5.91 Å². The van der Waals surface area contributed by atoms with Crippen LogP contribution in [0.2, 0.25) is 0 Å². The van der Waals surface area contributed by atoms with Crippen LogP contribution in [-0.2, 0) is 9.59 Å². The molecule has 0 heterocycles. The van der Waals surface area contributed by atoms with Gasteiger partial charge in [-0.2, -0.15) is 0 Å². The minimum absolute atomic E-state index is 0.170. The Hall–Kier alpha value is -1.18. The third-order valence-corrected chi connectivity index (χ3v) is 11.8. The summed E-state index contributed by atoms with van der Waals surface area (Å²) in [4.78, 5) is 24.2. The molecule has 0 aromatic carbocycles. The highest BCUT2D eigenvalue weighted by atomic mass is 16.4. The number of fused-ring (bicyclic) bond motifs is 5. The molecule has 7 nitrogen and oxygen atoms in total. The maximum Gasteiger partial charge on any atom is 0.326 e. The highest BCUT2D eigenvalue weighted by Crippen LogP contribution is 2.68. The fourth-order valence-corrected chi connectivity index (χ4v) is 9.75. The molecule has 1 amide bonds. The van der Waals surface area contributed by atoms with Gasteiger partial charge in [0.15, 0.2) is 0 Å². The SMILES string of the molecule is C[C@H](CCC(=O)N[C@@H](CCCCN)C(=O)O)[C@H]1CC[C@H]2[C@@H]3[C@@H](O)C[C@@H]4C[C@H](O)CC[C@]4(C)[C@H]3CC[C@]12C. The number of hydrogen-bond acceptors (Lipinski definition) is 5. The van der Waals surface area contributed by atoms with Gasteiger partial charge in [-0.25, -0.2) is 4.79 Å². The predicted molar refractivity (Wildman–Crippen MR) is 143 cm³/mol. The molecule has 0 radical (unpaired) electrons. The van der Waals surface area contributed by atoms with Gasteiger partial charge in [-0.15, -0.1) is 0 Å². The number of aliphatic carboxylic acids is 1. The van der Waals surface area contributed by atoms with E-state index in [1.807, 2.05) is 0 Å². The van der Waals surface area contributed by atoms with E-state index in [0.717, 1.165) is 57.8 Å². The fraction of sp³-hybridized carbons (Fsp3) is 0.933. The first kappa shape index (κ1) is 28.8. The van der Waals surface area contributed by atoms with E-state index in [4.69, 9.17) is 5.73 Å². The van der Waals surface area contributed by atoms with Gasteiger partial charge >= 0.3 is 5.97 Å². The summed E-state index contributed by atoms with van der Waals surface area (Å²) in [5.41, 5.74) is 5.93. The van der Waals surface area contributed by atoms with Crippen molar-refractivity contribution < 1.29 is 24.9 Å². The molecule has 212 valence electrons. The number of carboxylic acids is 1. The van der Waals surface area contributed by atoms with Gasteiger partial charge in [0.05, 0.1) is 12.2 Å². The Morgan fingerprint density at radius 1 is 0.973 bits per heavy atom. The Kier molecular flexibility index (Phi) is 8.97. The molecule has 4 aliphatic carbocycles. The third kappa shape index (κ3) is 5.60. The van der Waals surface area contributed by atoms with Crippen LogP contribution in [0.15, 0.2) is 0 Å². The largest absolute Gasteiger partial charge is 0.480 e. The van der Waals surface area contributed by atoms with E-state index in [-0.39, 0.29) is 28.9 Å². The Morgan fingerprint density at radius 2 is 1.68 bits per heavy atom. The van der Waals surface area contributed by atoms with Crippen molar-refractivity contribution in [3.05, 3.63) is 0 Å². The lowest BCUT2D eigenvalue weighted by molar-refractivity contribution is -0.174. The number of rotatable bonds is 10. The summed E-state index contributed by atoms with van der Waals surface area (Å²) in [6, 6.07) is -0.836. The highest BCUT2D eigenvalue weighted by molar-refractivity contribution is 5.83. The molecule has 4 rings (SSSR count). The molecule has 4 saturated carbocycles. The minimum atomic E-state index is -0.976. The zero-order valence-corrected chi connectivity index (χ0v) is 23.3. The van der Waals surface area contributed by atoms with Gasteiger partial charge in [0, 0.05) is 6.42 Å². The number of aliphatic hydroxyl groups excluding tert-OH is 2. The molecular formula is C30H52N2O5. The van der Waals surface area contributed by atoms with E-state index >= 15 is 0 Å². The Labute approximate surface area is 223 Å². The van der Waals surface area contributed by atoms with E-state index < -0.39 is 12.0 Å². The molecule has 4 aliphatic rings. The average molecular weight is 521 g/mol. The number of carbonyl (C=O) groups excluding carboxylic acids is 1. The molecule has 0 bridgehead atoms. The number of aliphatic hydroxyl groups is 2. The van der Waals surface area contributed by atoms with Crippen LogP contribution >= 0.6 is 0 Å². The molecule has 0 unspecified atom stereocenters. The van der Waals surface area contributed by atoms with Crippen molar-refractivity contribution in [3.8, 4) is 0 Å². The van der Waals surface area contributed by atoms with E-state index in [2.05, 4.69) is 26.1 Å². The van der Waals surface area contributed by atoms with Crippen molar-refractivity contribution in [2.24, 2.45) is 52.1 Å². The van der Waals surface area contributed by atoms with Crippen LogP contribution in [0.1, 0.15) is 104 Å². The smallest absolute Gasteiger partial charge is 0.326 e. The molecule has 0 aliphatic heterocycles. The summed E-state index contributed by atoms with van der Waals surface area (Å²) in [5.74, 6) is 1.60. The summed E-state index contributed by atoms with van der Waals surface area (Å²) in [6.07, 6.45) is 10.8. The summed E-state index contributed by atoms with van der Waals surface area (Å²) >= 11 is 0. The first-order valence-corrected chi connectivity index (χ1v) is 15.1. The zero-order valence-electron chi connectivity index (χ0n) is 23.3. The topological polar surface area (TPSA) is 133 Å². The number of carboxylic acid groups (broad SMARTS) is 1. The number of nitrogens with two attached hydrogens (primary N) is 1. The van der Waals surface area contributed by atoms with E-state index in [0.29, 0.717) is 61.3 Å². The fourth-order valence-electron chi connectivity index (χ4n) is 9.75. The second-order valence-corrected chi connectivity index (χ2v) is 13.7. The van der Waals surface area contributed by atoms with Crippen LogP contribution in [0.3, 0.4) is 0 Å². The monoisotopic (exact) mass is 520 g/mol. The van der Waals surface area contributed by atoms with Crippen molar-refractivity contribution in [1.82, 2.24) is 5.32 Å². The molecule has 7 heteroatoms. The molecule has 0 saturated heterocycles. The molecule has 0 aromatic heterocycles. The first-order chi connectivity index (χ1) is 17.5.